The topological polar surface area (TPSA) is 34.1 Å². The molecular formula is C17H26O2. The average molecular weight is 262 g/mol. The van der Waals surface area contributed by atoms with Crippen LogP contribution in [-0.2, 0) is 9.59 Å². The molecule has 19 heavy (non-hydrogen) atoms. The van der Waals surface area contributed by atoms with E-state index in [0.717, 1.165) is 44.1 Å². The summed E-state index contributed by atoms with van der Waals surface area (Å²) >= 11 is 0. The van der Waals surface area contributed by atoms with Gasteiger partial charge in [0.25, 0.3) is 0 Å². The first-order valence-electron chi connectivity index (χ1n) is 7.65. The maximum absolute atomic E-state index is 12.1. The first kappa shape index (κ1) is 15.9. The molecule has 0 saturated carbocycles. The summed E-state index contributed by atoms with van der Waals surface area (Å²) < 4.78 is 0. The summed E-state index contributed by atoms with van der Waals surface area (Å²) in [7, 11) is 0. The molecule has 0 bridgehead atoms. The lowest BCUT2D eigenvalue weighted by Gasteiger charge is -2.12. The molecule has 0 aromatic carbocycles. The van der Waals surface area contributed by atoms with Crippen molar-refractivity contribution in [2.75, 3.05) is 0 Å². The molecule has 1 aliphatic carbocycles. The van der Waals surface area contributed by atoms with Crippen molar-refractivity contribution in [2.24, 2.45) is 5.92 Å². The van der Waals surface area contributed by atoms with E-state index in [1.165, 1.54) is 0 Å². The van der Waals surface area contributed by atoms with Crippen LogP contribution in [0.5, 0.6) is 0 Å². The predicted molar refractivity (Wildman–Crippen MR) is 79.0 cm³/mol. The molecule has 1 aliphatic rings. The zero-order valence-electron chi connectivity index (χ0n) is 12.3. The van der Waals surface area contributed by atoms with Gasteiger partial charge in [-0.05, 0) is 12.8 Å². The van der Waals surface area contributed by atoms with Gasteiger partial charge in [0, 0.05) is 18.4 Å². The number of ketones is 2. The zero-order chi connectivity index (χ0) is 14.1. The third kappa shape index (κ3) is 5.14. The number of hydrogen-bond acceptors (Lipinski definition) is 2. The first-order chi connectivity index (χ1) is 9.20. The number of Topliss-reactive ketones (excluding diaryl/α,β-unsaturated/α-hetero) is 2. The molecule has 0 spiro atoms. The number of carbonyl (C=O) groups excluding carboxylic acids is 2. The highest BCUT2D eigenvalue weighted by Crippen LogP contribution is 2.25. The molecule has 0 aromatic rings. The number of rotatable bonds is 10. The summed E-state index contributed by atoms with van der Waals surface area (Å²) in [6.07, 6.45) is 13.0. The van der Waals surface area contributed by atoms with E-state index in [-0.39, 0.29) is 17.5 Å². The zero-order valence-corrected chi connectivity index (χ0v) is 12.3. The molecule has 2 nitrogen and oxygen atoms in total. The number of unbranched alkanes of at least 4 members (excludes halogenated alkanes) is 4. The Morgan fingerprint density at radius 2 is 1.63 bits per heavy atom. The Morgan fingerprint density at radius 1 is 1.00 bits per heavy atom. The molecular weight excluding hydrogens is 236 g/mol. The van der Waals surface area contributed by atoms with E-state index in [9.17, 15) is 9.59 Å². The summed E-state index contributed by atoms with van der Waals surface area (Å²) in [5.41, 5.74) is 0.720. The minimum absolute atomic E-state index is 0.160. The van der Waals surface area contributed by atoms with E-state index >= 15 is 0 Å². The number of hydrogen-bond donors (Lipinski definition) is 0. The summed E-state index contributed by atoms with van der Waals surface area (Å²) in [5.74, 6) is 0.107. The molecule has 1 unspecified atom stereocenters. The lowest BCUT2D eigenvalue weighted by molar-refractivity contribution is -0.123. The van der Waals surface area contributed by atoms with Gasteiger partial charge < -0.3 is 0 Å². The maximum Gasteiger partial charge on any atom is 0.159 e. The van der Waals surface area contributed by atoms with Crippen LogP contribution in [0, 0.1) is 5.92 Å². The van der Waals surface area contributed by atoms with E-state index < -0.39 is 0 Å². The molecule has 0 radical (unpaired) electrons. The quantitative estimate of drug-likeness (QED) is 0.547. The van der Waals surface area contributed by atoms with Gasteiger partial charge in [0.05, 0.1) is 5.92 Å². The normalized spacial score (nSPS) is 17.6. The molecule has 0 saturated heterocycles. The van der Waals surface area contributed by atoms with Gasteiger partial charge in [-0.3, -0.25) is 9.59 Å². The molecule has 1 rings (SSSR count). The van der Waals surface area contributed by atoms with Crippen LogP contribution in [0.1, 0.15) is 65.2 Å². The lowest BCUT2D eigenvalue weighted by Crippen LogP contribution is -2.18. The van der Waals surface area contributed by atoms with Crippen molar-refractivity contribution < 1.29 is 9.59 Å². The Balaban J connectivity index is 2.45. The Kier molecular flexibility index (Phi) is 7.39. The Hall–Kier alpha value is -1.18. The molecule has 0 aromatic heterocycles. The van der Waals surface area contributed by atoms with Gasteiger partial charge in [-0.1, -0.05) is 57.8 Å². The van der Waals surface area contributed by atoms with Crippen LogP contribution in [-0.4, -0.2) is 11.6 Å². The minimum Gasteiger partial charge on any atom is -0.299 e. The van der Waals surface area contributed by atoms with Crippen LogP contribution >= 0.6 is 0 Å². The van der Waals surface area contributed by atoms with Gasteiger partial charge in [0.1, 0.15) is 5.78 Å². The van der Waals surface area contributed by atoms with E-state index in [1.807, 2.05) is 18.2 Å². The van der Waals surface area contributed by atoms with Crippen LogP contribution in [0.25, 0.3) is 0 Å². The highest BCUT2D eigenvalue weighted by atomic mass is 16.1. The molecule has 2 heteroatoms. The van der Waals surface area contributed by atoms with Gasteiger partial charge in [0.2, 0.25) is 0 Å². The van der Waals surface area contributed by atoms with E-state index in [1.54, 1.807) is 0 Å². The second-order valence-electron chi connectivity index (χ2n) is 5.29. The SMILES string of the molecule is CCCCCC(=O)C1=CC=CC1C(=O)CCCCC. The molecule has 0 N–H and O–H groups in total. The molecule has 0 heterocycles. The Morgan fingerprint density at radius 3 is 2.26 bits per heavy atom. The maximum atomic E-state index is 12.1. The van der Waals surface area contributed by atoms with Crippen LogP contribution in [0.4, 0.5) is 0 Å². The molecule has 0 amide bonds. The van der Waals surface area contributed by atoms with Crippen LogP contribution in [0.15, 0.2) is 23.8 Å². The van der Waals surface area contributed by atoms with Gasteiger partial charge in [-0.25, -0.2) is 0 Å². The van der Waals surface area contributed by atoms with Crippen molar-refractivity contribution in [1.82, 2.24) is 0 Å². The second kappa shape index (κ2) is 8.84. The lowest BCUT2D eigenvalue weighted by atomic mass is 9.90. The second-order valence-corrected chi connectivity index (χ2v) is 5.29. The largest absolute Gasteiger partial charge is 0.299 e. The first-order valence-corrected chi connectivity index (χ1v) is 7.65. The summed E-state index contributed by atoms with van der Waals surface area (Å²) in [4.78, 5) is 24.2. The number of carbonyl (C=O) groups is 2. The minimum atomic E-state index is -0.258. The van der Waals surface area contributed by atoms with Crippen LogP contribution in [0.3, 0.4) is 0 Å². The molecule has 0 aliphatic heterocycles. The van der Waals surface area contributed by atoms with Gasteiger partial charge in [-0.2, -0.15) is 0 Å². The third-order valence-electron chi connectivity index (χ3n) is 3.62. The average Bonchev–Trinajstić information content (AvgIpc) is 2.88. The monoisotopic (exact) mass is 262 g/mol. The van der Waals surface area contributed by atoms with Crippen molar-refractivity contribution in [3.63, 3.8) is 0 Å². The Labute approximate surface area is 117 Å². The van der Waals surface area contributed by atoms with Crippen molar-refractivity contribution >= 4 is 11.6 Å². The van der Waals surface area contributed by atoms with Gasteiger partial charge in [0.15, 0.2) is 5.78 Å². The molecule has 0 fully saturated rings. The molecule has 106 valence electrons. The predicted octanol–water partition coefficient (Wildman–Crippen LogP) is 4.40. The van der Waals surface area contributed by atoms with Crippen molar-refractivity contribution in [3.8, 4) is 0 Å². The van der Waals surface area contributed by atoms with Gasteiger partial charge in [-0.15, -0.1) is 0 Å². The standard InChI is InChI=1S/C17H26O2/c1-3-5-7-12-16(18)14-10-9-11-15(14)17(19)13-8-6-4-2/h9-11,14H,3-8,12-13H2,1-2H3. The fraction of sp³-hybridized carbons (Fsp3) is 0.647. The van der Waals surface area contributed by atoms with Gasteiger partial charge >= 0.3 is 0 Å². The summed E-state index contributed by atoms with van der Waals surface area (Å²) in [6, 6.07) is 0. The number of allylic oxidation sites excluding steroid dienone is 4. The van der Waals surface area contributed by atoms with Crippen molar-refractivity contribution in [1.29, 1.82) is 0 Å². The highest BCUT2D eigenvalue weighted by Gasteiger charge is 2.26. The Bertz CT molecular complexity index is 363. The van der Waals surface area contributed by atoms with E-state index in [4.69, 9.17) is 0 Å². The van der Waals surface area contributed by atoms with E-state index in [2.05, 4.69) is 13.8 Å². The third-order valence-corrected chi connectivity index (χ3v) is 3.62. The summed E-state index contributed by atoms with van der Waals surface area (Å²) in [5, 5.41) is 0. The van der Waals surface area contributed by atoms with Crippen molar-refractivity contribution in [3.05, 3.63) is 23.8 Å². The fourth-order valence-corrected chi connectivity index (χ4v) is 2.41. The molecule has 1 atom stereocenters. The van der Waals surface area contributed by atoms with Crippen LogP contribution < -0.4 is 0 Å². The highest BCUT2D eigenvalue weighted by molar-refractivity contribution is 6.04. The summed E-state index contributed by atoms with van der Waals surface area (Å²) in [6.45, 7) is 4.25. The van der Waals surface area contributed by atoms with Crippen LogP contribution in [0.2, 0.25) is 0 Å². The van der Waals surface area contributed by atoms with Crippen molar-refractivity contribution in [2.45, 2.75) is 65.2 Å². The van der Waals surface area contributed by atoms with E-state index in [0.29, 0.717) is 12.8 Å². The smallest absolute Gasteiger partial charge is 0.159 e. The fourth-order valence-electron chi connectivity index (χ4n) is 2.41.